The van der Waals surface area contributed by atoms with Gasteiger partial charge in [-0.2, -0.15) is 0 Å². The molecule has 0 aliphatic heterocycles. The summed E-state index contributed by atoms with van der Waals surface area (Å²) in [6.07, 6.45) is 0.276. The Balaban J connectivity index is 2.44. The van der Waals surface area contributed by atoms with Gasteiger partial charge < -0.3 is 10.4 Å². The topological polar surface area (TPSA) is 49.3 Å². The van der Waals surface area contributed by atoms with Crippen molar-refractivity contribution >= 4 is 17.7 Å². The van der Waals surface area contributed by atoms with Gasteiger partial charge in [-0.3, -0.25) is 4.79 Å². The van der Waals surface area contributed by atoms with E-state index in [1.807, 2.05) is 0 Å². The molecule has 20 heavy (non-hydrogen) atoms. The Morgan fingerprint density at radius 2 is 1.90 bits per heavy atom. The van der Waals surface area contributed by atoms with Gasteiger partial charge in [0.1, 0.15) is 5.82 Å². The van der Waals surface area contributed by atoms with Crippen LogP contribution in [0.5, 0.6) is 0 Å². The van der Waals surface area contributed by atoms with Crippen molar-refractivity contribution in [3.63, 3.8) is 0 Å². The second-order valence-electron chi connectivity index (χ2n) is 5.76. The van der Waals surface area contributed by atoms with Crippen molar-refractivity contribution in [3.8, 4) is 0 Å². The second kappa shape index (κ2) is 6.59. The molecular weight excluding hydrogens is 277 g/mol. The molecule has 5 heteroatoms. The van der Waals surface area contributed by atoms with E-state index in [1.54, 1.807) is 45.9 Å². The predicted octanol–water partition coefficient (Wildman–Crippen LogP) is 2.97. The molecule has 0 aliphatic rings. The summed E-state index contributed by atoms with van der Waals surface area (Å²) in [5.41, 5.74) is -1.73. The Hall–Kier alpha value is -1.07. The minimum absolute atomic E-state index is 0.152. The number of aliphatic hydroxyl groups is 1. The first kappa shape index (κ1) is 17.0. The van der Waals surface area contributed by atoms with Crippen LogP contribution in [-0.4, -0.2) is 27.9 Å². The van der Waals surface area contributed by atoms with Crippen molar-refractivity contribution in [2.45, 2.75) is 50.2 Å². The molecule has 0 unspecified atom stereocenters. The van der Waals surface area contributed by atoms with Gasteiger partial charge in [0, 0.05) is 17.1 Å². The molecule has 2 N–H and O–H groups in total. The fourth-order valence-corrected chi connectivity index (χ4v) is 2.27. The number of halogens is 1. The molecule has 0 heterocycles. The van der Waals surface area contributed by atoms with Crippen LogP contribution in [0.2, 0.25) is 0 Å². The maximum atomic E-state index is 13.4. The van der Waals surface area contributed by atoms with Crippen molar-refractivity contribution in [2.24, 2.45) is 0 Å². The van der Waals surface area contributed by atoms with Crippen LogP contribution in [-0.2, 0) is 4.79 Å². The number of carbonyl (C=O) groups excluding carboxylic acids is 1. The maximum absolute atomic E-state index is 13.4. The Bertz CT molecular complexity index is 469. The molecule has 1 aromatic carbocycles. The lowest BCUT2D eigenvalue weighted by Gasteiger charge is -2.38. The maximum Gasteiger partial charge on any atom is 0.221 e. The molecule has 0 saturated carbocycles. The van der Waals surface area contributed by atoms with Gasteiger partial charge in [0.25, 0.3) is 0 Å². The van der Waals surface area contributed by atoms with E-state index in [0.29, 0.717) is 10.6 Å². The van der Waals surface area contributed by atoms with E-state index in [1.165, 1.54) is 17.8 Å². The molecule has 112 valence electrons. The van der Waals surface area contributed by atoms with E-state index in [0.717, 1.165) is 0 Å². The first-order chi connectivity index (χ1) is 9.13. The van der Waals surface area contributed by atoms with Crippen molar-refractivity contribution < 1.29 is 14.3 Å². The van der Waals surface area contributed by atoms with Gasteiger partial charge in [-0.1, -0.05) is 12.1 Å². The number of thioether (sulfide) groups is 1. The lowest BCUT2D eigenvalue weighted by Crippen LogP contribution is -2.57. The molecule has 1 aromatic rings. The largest absolute Gasteiger partial charge is 0.388 e. The third-order valence-corrected chi connectivity index (χ3v) is 4.46. The van der Waals surface area contributed by atoms with Gasteiger partial charge in [0.2, 0.25) is 5.91 Å². The minimum atomic E-state index is -1.01. The smallest absolute Gasteiger partial charge is 0.221 e. The minimum Gasteiger partial charge on any atom is -0.388 e. The molecule has 0 radical (unpaired) electrons. The fourth-order valence-electron chi connectivity index (χ4n) is 1.38. The SMILES string of the molecule is CC(C)(O)C(C)(C)NC(=O)CCSc1ccccc1F. The van der Waals surface area contributed by atoms with E-state index < -0.39 is 11.1 Å². The lowest BCUT2D eigenvalue weighted by molar-refractivity contribution is -0.125. The monoisotopic (exact) mass is 299 g/mol. The molecule has 0 fully saturated rings. The summed E-state index contributed by atoms with van der Waals surface area (Å²) in [6.45, 7) is 6.85. The van der Waals surface area contributed by atoms with Crippen LogP contribution < -0.4 is 5.32 Å². The second-order valence-corrected chi connectivity index (χ2v) is 6.90. The highest BCUT2D eigenvalue weighted by Gasteiger charge is 2.36. The van der Waals surface area contributed by atoms with Gasteiger partial charge in [-0.25, -0.2) is 4.39 Å². The van der Waals surface area contributed by atoms with Crippen LogP contribution in [0.15, 0.2) is 29.2 Å². The number of hydrogen-bond acceptors (Lipinski definition) is 3. The summed E-state index contributed by atoms with van der Waals surface area (Å²) < 4.78 is 13.4. The molecule has 1 amide bonds. The molecule has 0 aliphatic carbocycles. The predicted molar refractivity (Wildman–Crippen MR) is 80.3 cm³/mol. The van der Waals surface area contributed by atoms with Crippen molar-refractivity contribution in [3.05, 3.63) is 30.1 Å². The number of nitrogens with one attached hydrogen (secondary N) is 1. The summed E-state index contributed by atoms with van der Waals surface area (Å²) in [5, 5.41) is 12.8. The molecule has 0 aromatic heterocycles. The van der Waals surface area contributed by atoms with E-state index >= 15 is 0 Å². The summed E-state index contributed by atoms with van der Waals surface area (Å²) in [6, 6.07) is 6.50. The average molecular weight is 299 g/mol. The summed E-state index contributed by atoms with van der Waals surface area (Å²) in [7, 11) is 0. The van der Waals surface area contributed by atoms with Crippen molar-refractivity contribution in [2.75, 3.05) is 5.75 Å². The van der Waals surface area contributed by atoms with E-state index in [4.69, 9.17) is 0 Å². The molecule has 1 rings (SSSR count). The zero-order chi connectivity index (χ0) is 15.4. The molecule has 3 nitrogen and oxygen atoms in total. The Morgan fingerprint density at radius 1 is 1.30 bits per heavy atom. The third kappa shape index (κ3) is 4.80. The van der Waals surface area contributed by atoms with Crippen molar-refractivity contribution in [1.82, 2.24) is 5.32 Å². The van der Waals surface area contributed by atoms with Crippen LogP contribution in [0.4, 0.5) is 4.39 Å². The van der Waals surface area contributed by atoms with Crippen molar-refractivity contribution in [1.29, 1.82) is 0 Å². The number of benzene rings is 1. The number of carbonyl (C=O) groups is 1. The molecule has 0 bridgehead atoms. The fraction of sp³-hybridized carbons (Fsp3) is 0.533. The first-order valence-electron chi connectivity index (χ1n) is 6.54. The summed E-state index contributed by atoms with van der Waals surface area (Å²) in [5.74, 6) is 0.0741. The molecule has 0 spiro atoms. The van der Waals surface area contributed by atoms with Gasteiger partial charge in [-0.05, 0) is 39.8 Å². The third-order valence-electron chi connectivity index (χ3n) is 3.40. The molecule has 0 atom stereocenters. The Morgan fingerprint density at radius 3 is 2.45 bits per heavy atom. The number of rotatable bonds is 6. The van der Waals surface area contributed by atoms with Gasteiger partial charge in [0.05, 0.1) is 11.1 Å². The highest BCUT2D eigenvalue weighted by molar-refractivity contribution is 7.99. The van der Waals surface area contributed by atoms with Crippen LogP contribution >= 0.6 is 11.8 Å². The van der Waals surface area contributed by atoms with E-state index in [9.17, 15) is 14.3 Å². The standard InChI is InChI=1S/C15H22FNO2S/c1-14(2,15(3,4)19)17-13(18)9-10-20-12-8-6-5-7-11(12)16/h5-8,19H,9-10H2,1-4H3,(H,17,18). The Labute approximate surface area is 124 Å². The molecular formula is C15H22FNO2S. The zero-order valence-electron chi connectivity index (χ0n) is 12.4. The van der Waals surface area contributed by atoms with Gasteiger partial charge in [0.15, 0.2) is 0 Å². The number of amides is 1. The van der Waals surface area contributed by atoms with E-state index in [2.05, 4.69) is 5.32 Å². The van der Waals surface area contributed by atoms with E-state index in [-0.39, 0.29) is 18.1 Å². The number of hydrogen-bond donors (Lipinski definition) is 2. The van der Waals surface area contributed by atoms with Crippen LogP contribution in [0.3, 0.4) is 0 Å². The quantitative estimate of drug-likeness (QED) is 0.794. The first-order valence-corrected chi connectivity index (χ1v) is 7.53. The summed E-state index contributed by atoms with van der Waals surface area (Å²) in [4.78, 5) is 12.4. The van der Waals surface area contributed by atoms with Crippen LogP contribution in [0.1, 0.15) is 34.1 Å². The highest BCUT2D eigenvalue weighted by Crippen LogP contribution is 2.23. The van der Waals surface area contributed by atoms with Crippen LogP contribution in [0, 0.1) is 5.82 Å². The molecule has 0 saturated heterocycles. The average Bonchev–Trinajstić information content (AvgIpc) is 2.29. The normalized spacial score (nSPS) is 12.3. The van der Waals surface area contributed by atoms with Gasteiger partial charge >= 0.3 is 0 Å². The zero-order valence-corrected chi connectivity index (χ0v) is 13.2. The Kier molecular flexibility index (Phi) is 5.59. The van der Waals surface area contributed by atoms with Crippen LogP contribution in [0.25, 0.3) is 0 Å². The lowest BCUT2D eigenvalue weighted by atomic mass is 9.86. The summed E-state index contributed by atoms with van der Waals surface area (Å²) >= 11 is 1.31. The highest BCUT2D eigenvalue weighted by atomic mass is 32.2. The van der Waals surface area contributed by atoms with Gasteiger partial charge in [-0.15, -0.1) is 11.8 Å².